The number of nitrogens with zero attached hydrogens (tertiary/aromatic N) is 2. The van der Waals surface area contributed by atoms with Gasteiger partial charge in [0.2, 0.25) is 10.0 Å². The van der Waals surface area contributed by atoms with Crippen molar-refractivity contribution in [3.05, 3.63) is 39.9 Å². The molecule has 0 saturated heterocycles. The molecule has 1 N–H and O–H groups in total. The Morgan fingerprint density at radius 1 is 1.50 bits per heavy atom. The minimum atomic E-state index is -3.78. The van der Waals surface area contributed by atoms with E-state index in [1.54, 1.807) is 12.1 Å². The zero-order valence-electron chi connectivity index (χ0n) is 9.53. The monoisotopic (exact) mass is 269 g/mol. The molecule has 8 heteroatoms. The van der Waals surface area contributed by atoms with Gasteiger partial charge in [-0.2, -0.15) is 5.26 Å². The van der Waals surface area contributed by atoms with Crippen LogP contribution in [0.25, 0.3) is 0 Å². The smallest absolute Gasteiger partial charge is 0.258 e. The predicted octanol–water partition coefficient (Wildman–Crippen LogP) is 0.926. The first kappa shape index (κ1) is 14.1. The fourth-order valence-corrected chi connectivity index (χ4v) is 1.96. The number of hydrogen-bond acceptors (Lipinski definition) is 5. The van der Waals surface area contributed by atoms with Crippen molar-refractivity contribution < 1.29 is 13.3 Å². The van der Waals surface area contributed by atoms with Crippen LogP contribution in [0.15, 0.2) is 24.3 Å². The molecule has 0 radical (unpaired) electrons. The molecule has 0 fully saturated rings. The van der Waals surface area contributed by atoms with Crippen LogP contribution in [0.5, 0.6) is 0 Å². The van der Waals surface area contributed by atoms with Crippen molar-refractivity contribution in [3.63, 3.8) is 0 Å². The van der Waals surface area contributed by atoms with Crippen molar-refractivity contribution in [2.24, 2.45) is 0 Å². The summed E-state index contributed by atoms with van der Waals surface area (Å²) in [6.07, 6.45) is 0. The summed E-state index contributed by atoms with van der Waals surface area (Å²) in [4.78, 5) is 10.1. The molecular weight excluding hydrogens is 258 g/mol. The number of nitriles is 1. The van der Waals surface area contributed by atoms with Crippen molar-refractivity contribution in [1.29, 1.82) is 5.26 Å². The summed E-state index contributed by atoms with van der Waals surface area (Å²) in [5.74, 6) is 0. The van der Waals surface area contributed by atoms with Gasteiger partial charge < -0.3 is 0 Å². The molecule has 1 rings (SSSR count). The lowest BCUT2D eigenvalue weighted by Crippen LogP contribution is -2.31. The highest BCUT2D eigenvalue weighted by atomic mass is 32.2. The van der Waals surface area contributed by atoms with Gasteiger partial charge in [0.05, 0.1) is 11.0 Å². The zero-order valence-corrected chi connectivity index (χ0v) is 10.3. The number of sulfonamides is 1. The minimum absolute atomic E-state index is 0.162. The number of para-hydroxylation sites is 1. The third-order valence-corrected chi connectivity index (χ3v) is 3.88. The van der Waals surface area contributed by atoms with Gasteiger partial charge in [-0.3, -0.25) is 10.1 Å². The van der Waals surface area contributed by atoms with Gasteiger partial charge in [0.15, 0.2) is 5.25 Å². The van der Waals surface area contributed by atoms with Crippen LogP contribution in [-0.4, -0.2) is 18.6 Å². The molecule has 18 heavy (non-hydrogen) atoms. The van der Waals surface area contributed by atoms with Gasteiger partial charge in [-0.1, -0.05) is 18.2 Å². The number of nitro benzene ring substituents is 1. The molecule has 0 spiro atoms. The van der Waals surface area contributed by atoms with Gasteiger partial charge in [-0.15, -0.1) is 0 Å². The maximum Gasteiger partial charge on any atom is 0.273 e. The number of rotatable bonds is 5. The molecular formula is C10H11N3O4S. The Kier molecular flexibility index (Phi) is 4.36. The van der Waals surface area contributed by atoms with Crippen LogP contribution in [0.2, 0.25) is 0 Å². The lowest BCUT2D eigenvalue weighted by molar-refractivity contribution is -0.385. The summed E-state index contributed by atoms with van der Waals surface area (Å²) in [5.41, 5.74) is 0.0843. The van der Waals surface area contributed by atoms with Crippen LogP contribution in [-0.2, 0) is 16.6 Å². The average Bonchev–Trinajstić information content (AvgIpc) is 2.35. The molecule has 0 heterocycles. The van der Waals surface area contributed by atoms with E-state index < -0.39 is 20.2 Å². The van der Waals surface area contributed by atoms with E-state index in [0.29, 0.717) is 0 Å². The van der Waals surface area contributed by atoms with Gasteiger partial charge >= 0.3 is 0 Å². The topological polar surface area (TPSA) is 113 Å². The first-order valence-electron chi connectivity index (χ1n) is 4.99. The van der Waals surface area contributed by atoms with Crippen LogP contribution in [0, 0.1) is 21.4 Å². The van der Waals surface area contributed by atoms with Crippen LogP contribution in [0.1, 0.15) is 12.5 Å². The Bertz CT molecular complexity index is 591. The summed E-state index contributed by atoms with van der Waals surface area (Å²) in [7, 11) is -3.78. The van der Waals surface area contributed by atoms with Crippen LogP contribution < -0.4 is 4.72 Å². The number of hydrogen-bond donors (Lipinski definition) is 1. The minimum Gasteiger partial charge on any atom is -0.258 e. The van der Waals surface area contributed by atoms with Crippen molar-refractivity contribution >= 4 is 15.7 Å². The lowest BCUT2D eigenvalue weighted by atomic mass is 10.2. The first-order valence-corrected chi connectivity index (χ1v) is 6.53. The van der Waals surface area contributed by atoms with Crippen molar-refractivity contribution in [1.82, 2.24) is 4.72 Å². The standard InChI is InChI=1S/C10H11N3O4S/c1-8(6-11)18(16,17)12-7-9-4-2-3-5-10(9)13(14)15/h2-5,8,12H,7H2,1H3. The largest absolute Gasteiger partial charge is 0.273 e. The predicted molar refractivity (Wildman–Crippen MR) is 63.9 cm³/mol. The van der Waals surface area contributed by atoms with Crippen LogP contribution in [0.3, 0.4) is 0 Å². The summed E-state index contributed by atoms with van der Waals surface area (Å²) < 4.78 is 25.2. The first-order chi connectivity index (χ1) is 8.38. The molecule has 0 bridgehead atoms. The molecule has 7 nitrogen and oxygen atoms in total. The molecule has 1 aromatic carbocycles. The molecule has 0 aromatic heterocycles. The Labute approximate surface area is 104 Å². The molecule has 1 atom stereocenters. The van der Waals surface area contributed by atoms with Crippen LogP contribution >= 0.6 is 0 Å². The molecule has 1 unspecified atom stereocenters. The van der Waals surface area contributed by atoms with E-state index in [1.807, 2.05) is 0 Å². The molecule has 0 aliphatic heterocycles. The highest BCUT2D eigenvalue weighted by molar-refractivity contribution is 7.90. The van der Waals surface area contributed by atoms with E-state index in [4.69, 9.17) is 5.26 Å². The fourth-order valence-electron chi connectivity index (χ4n) is 1.21. The van der Waals surface area contributed by atoms with Crippen LogP contribution in [0.4, 0.5) is 5.69 Å². The highest BCUT2D eigenvalue weighted by Gasteiger charge is 2.21. The third-order valence-electron chi connectivity index (χ3n) is 2.30. The summed E-state index contributed by atoms with van der Waals surface area (Å²) in [5, 5.41) is 18.0. The SMILES string of the molecule is CC(C#N)S(=O)(=O)NCc1ccccc1[N+](=O)[O-]. The molecule has 0 saturated carbocycles. The summed E-state index contributed by atoms with van der Waals surface area (Å²) in [6, 6.07) is 7.41. The zero-order chi connectivity index (χ0) is 13.8. The normalized spacial score (nSPS) is 12.7. The Hall–Kier alpha value is -1.98. The Morgan fingerprint density at radius 3 is 2.67 bits per heavy atom. The van der Waals surface area contributed by atoms with E-state index in [1.165, 1.54) is 25.1 Å². The molecule has 96 valence electrons. The third kappa shape index (κ3) is 3.26. The second-order valence-electron chi connectivity index (χ2n) is 3.52. The van der Waals surface area contributed by atoms with E-state index in [9.17, 15) is 18.5 Å². The quantitative estimate of drug-likeness (QED) is 0.630. The molecule has 0 aliphatic carbocycles. The lowest BCUT2D eigenvalue weighted by Gasteiger charge is -2.08. The summed E-state index contributed by atoms with van der Waals surface area (Å²) in [6.45, 7) is 1.02. The Balaban J connectivity index is 2.89. The van der Waals surface area contributed by atoms with Gasteiger partial charge in [-0.05, 0) is 6.92 Å². The maximum atomic E-state index is 11.5. The van der Waals surface area contributed by atoms with E-state index in [-0.39, 0.29) is 17.8 Å². The fraction of sp³-hybridized carbons (Fsp3) is 0.300. The molecule has 1 aromatic rings. The van der Waals surface area contributed by atoms with Gasteiger partial charge in [0, 0.05) is 18.2 Å². The highest BCUT2D eigenvalue weighted by Crippen LogP contribution is 2.17. The van der Waals surface area contributed by atoms with Gasteiger partial charge in [0.1, 0.15) is 0 Å². The van der Waals surface area contributed by atoms with Crippen molar-refractivity contribution in [2.45, 2.75) is 18.7 Å². The van der Waals surface area contributed by atoms with Gasteiger partial charge in [-0.25, -0.2) is 13.1 Å². The van der Waals surface area contributed by atoms with Gasteiger partial charge in [0.25, 0.3) is 5.69 Å². The van der Waals surface area contributed by atoms with E-state index in [2.05, 4.69) is 4.72 Å². The number of benzene rings is 1. The Morgan fingerprint density at radius 2 is 2.11 bits per heavy atom. The number of nitro groups is 1. The second-order valence-corrected chi connectivity index (χ2v) is 5.61. The molecule has 0 amide bonds. The summed E-state index contributed by atoms with van der Waals surface area (Å²) >= 11 is 0. The van der Waals surface area contributed by atoms with Crippen molar-refractivity contribution in [3.8, 4) is 6.07 Å². The second kappa shape index (κ2) is 5.57. The van der Waals surface area contributed by atoms with Crippen molar-refractivity contribution in [2.75, 3.05) is 0 Å². The maximum absolute atomic E-state index is 11.5. The molecule has 0 aliphatic rings. The average molecular weight is 269 g/mol. The van der Waals surface area contributed by atoms with E-state index in [0.717, 1.165) is 0 Å². The van der Waals surface area contributed by atoms with E-state index >= 15 is 0 Å². The number of nitrogens with one attached hydrogen (secondary N) is 1.